The number of rotatable bonds is 6. The number of hydrogen-bond acceptors (Lipinski definition) is 4. The van der Waals surface area contributed by atoms with Gasteiger partial charge in [0.2, 0.25) is 0 Å². The maximum absolute atomic E-state index is 11.5. The summed E-state index contributed by atoms with van der Waals surface area (Å²) in [6.45, 7) is 4.41. The highest BCUT2D eigenvalue weighted by molar-refractivity contribution is 5.72. The van der Waals surface area contributed by atoms with Crippen molar-refractivity contribution in [1.82, 2.24) is 0 Å². The first kappa shape index (κ1) is 14.7. The molecule has 4 nitrogen and oxygen atoms in total. The first-order valence-electron chi connectivity index (χ1n) is 6.20. The van der Waals surface area contributed by atoms with Crippen LogP contribution in [0, 0.1) is 5.92 Å². The van der Waals surface area contributed by atoms with E-state index in [-0.39, 0.29) is 18.5 Å². The third-order valence-electron chi connectivity index (χ3n) is 2.89. The lowest BCUT2D eigenvalue weighted by Crippen LogP contribution is -2.17. The molecule has 0 aliphatic carbocycles. The van der Waals surface area contributed by atoms with Crippen LogP contribution in [0.2, 0.25) is 0 Å². The van der Waals surface area contributed by atoms with Crippen molar-refractivity contribution in [2.45, 2.75) is 33.4 Å². The number of benzene rings is 1. The molecule has 0 aromatic heterocycles. The molecule has 0 radical (unpaired) electrons. The van der Waals surface area contributed by atoms with Crippen LogP contribution in [-0.2, 0) is 29.1 Å². The van der Waals surface area contributed by atoms with E-state index in [9.17, 15) is 9.90 Å². The summed E-state index contributed by atoms with van der Waals surface area (Å²) in [6, 6.07) is 5.74. The van der Waals surface area contributed by atoms with Gasteiger partial charge in [-0.1, -0.05) is 25.1 Å². The Labute approximate surface area is 108 Å². The molecule has 1 atom stereocenters. The van der Waals surface area contributed by atoms with E-state index in [0.717, 1.165) is 16.7 Å². The smallest absolute Gasteiger partial charge is 0.308 e. The molecule has 100 valence electrons. The molecule has 0 fully saturated rings. The number of carbonyl (C=O) groups excluding carboxylic acids is 1. The van der Waals surface area contributed by atoms with Crippen molar-refractivity contribution < 1.29 is 14.6 Å². The van der Waals surface area contributed by atoms with Crippen molar-refractivity contribution in [3.63, 3.8) is 0 Å². The van der Waals surface area contributed by atoms with Gasteiger partial charge in [-0.05, 0) is 30.0 Å². The van der Waals surface area contributed by atoms with E-state index in [4.69, 9.17) is 10.5 Å². The van der Waals surface area contributed by atoms with Gasteiger partial charge in [0.15, 0.2) is 0 Å². The highest BCUT2D eigenvalue weighted by atomic mass is 16.5. The van der Waals surface area contributed by atoms with Gasteiger partial charge in [-0.2, -0.15) is 0 Å². The van der Waals surface area contributed by atoms with Crippen molar-refractivity contribution in [3.05, 3.63) is 34.9 Å². The quantitative estimate of drug-likeness (QED) is 0.749. The summed E-state index contributed by atoms with van der Waals surface area (Å²) in [5.74, 6) is -0.369. The predicted molar refractivity (Wildman–Crippen MR) is 69.8 cm³/mol. The number of aliphatic hydroxyl groups excluding tert-OH is 1. The third-order valence-corrected chi connectivity index (χ3v) is 2.89. The largest absolute Gasteiger partial charge is 0.466 e. The molecule has 4 heteroatoms. The second-order valence-corrected chi connectivity index (χ2v) is 4.32. The summed E-state index contributed by atoms with van der Waals surface area (Å²) in [7, 11) is 0. The van der Waals surface area contributed by atoms with Crippen LogP contribution in [0.3, 0.4) is 0 Å². The fraction of sp³-hybridized carbons (Fsp3) is 0.500. The van der Waals surface area contributed by atoms with Gasteiger partial charge >= 0.3 is 5.97 Å². The first-order valence-corrected chi connectivity index (χ1v) is 6.20. The molecule has 1 aromatic rings. The Bertz CT molecular complexity index is 404. The Hall–Kier alpha value is -1.39. The minimum atomic E-state index is -0.189. The highest BCUT2D eigenvalue weighted by Crippen LogP contribution is 2.16. The molecule has 0 saturated carbocycles. The lowest BCUT2D eigenvalue weighted by Gasteiger charge is -2.12. The molecule has 0 bridgehead atoms. The van der Waals surface area contributed by atoms with Crippen LogP contribution >= 0.6 is 0 Å². The van der Waals surface area contributed by atoms with Gasteiger partial charge in [-0.15, -0.1) is 0 Å². The van der Waals surface area contributed by atoms with Gasteiger partial charge in [0, 0.05) is 6.54 Å². The molecule has 0 saturated heterocycles. The zero-order valence-electron chi connectivity index (χ0n) is 11.0. The monoisotopic (exact) mass is 251 g/mol. The molecule has 0 amide bonds. The summed E-state index contributed by atoms with van der Waals surface area (Å²) in [4.78, 5) is 11.5. The molecular formula is C14H21NO3. The standard InChI is InChI=1S/C14H21NO3/c1-3-18-14(17)10(2)6-11-4-5-12(8-15)13(7-11)9-16/h4-5,7,10,16H,3,6,8-9,15H2,1-2H3. The molecule has 0 aliphatic rings. The predicted octanol–water partition coefficient (Wildman–Crippen LogP) is 1.38. The molecule has 18 heavy (non-hydrogen) atoms. The maximum Gasteiger partial charge on any atom is 0.308 e. The van der Waals surface area contributed by atoms with E-state index in [0.29, 0.717) is 19.6 Å². The number of aliphatic hydroxyl groups is 1. The Kier molecular flexibility index (Phi) is 5.82. The molecule has 1 unspecified atom stereocenters. The van der Waals surface area contributed by atoms with E-state index >= 15 is 0 Å². The van der Waals surface area contributed by atoms with Crippen molar-refractivity contribution >= 4 is 5.97 Å². The Morgan fingerprint density at radius 3 is 2.72 bits per heavy atom. The van der Waals surface area contributed by atoms with Crippen molar-refractivity contribution in [2.24, 2.45) is 11.7 Å². The number of hydrogen-bond donors (Lipinski definition) is 2. The van der Waals surface area contributed by atoms with Crippen LogP contribution in [-0.4, -0.2) is 17.7 Å². The van der Waals surface area contributed by atoms with Crippen LogP contribution in [0.5, 0.6) is 0 Å². The zero-order chi connectivity index (χ0) is 13.5. The zero-order valence-corrected chi connectivity index (χ0v) is 11.0. The second kappa shape index (κ2) is 7.13. The maximum atomic E-state index is 11.5. The average Bonchev–Trinajstić information content (AvgIpc) is 2.38. The molecule has 1 rings (SSSR count). The van der Waals surface area contributed by atoms with Gasteiger partial charge in [0.25, 0.3) is 0 Å². The molecule has 0 aliphatic heterocycles. The third kappa shape index (κ3) is 3.82. The number of carbonyl (C=O) groups is 1. The Morgan fingerprint density at radius 2 is 2.17 bits per heavy atom. The highest BCUT2D eigenvalue weighted by Gasteiger charge is 2.15. The van der Waals surface area contributed by atoms with Crippen molar-refractivity contribution in [1.29, 1.82) is 0 Å². The van der Waals surface area contributed by atoms with Gasteiger partial charge < -0.3 is 15.6 Å². The van der Waals surface area contributed by atoms with Gasteiger partial charge in [0.1, 0.15) is 0 Å². The van der Waals surface area contributed by atoms with Gasteiger partial charge in [-0.25, -0.2) is 0 Å². The summed E-state index contributed by atoms with van der Waals surface area (Å²) in [5, 5.41) is 9.25. The second-order valence-electron chi connectivity index (χ2n) is 4.32. The van der Waals surface area contributed by atoms with E-state index in [1.54, 1.807) is 6.92 Å². The van der Waals surface area contributed by atoms with Crippen LogP contribution < -0.4 is 5.73 Å². The molecular weight excluding hydrogens is 230 g/mol. The summed E-state index contributed by atoms with van der Waals surface area (Å²) >= 11 is 0. The van der Waals surface area contributed by atoms with Gasteiger partial charge in [-0.3, -0.25) is 4.79 Å². The Morgan fingerprint density at radius 1 is 1.44 bits per heavy atom. The Balaban J connectivity index is 2.76. The van der Waals surface area contributed by atoms with E-state index in [2.05, 4.69) is 0 Å². The lowest BCUT2D eigenvalue weighted by atomic mass is 9.97. The summed E-state index contributed by atoms with van der Waals surface area (Å²) < 4.78 is 4.97. The number of ether oxygens (including phenoxy) is 1. The van der Waals surface area contributed by atoms with Crippen molar-refractivity contribution in [3.8, 4) is 0 Å². The molecule has 3 N–H and O–H groups in total. The van der Waals surface area contributed by atoms with E-state index in [1.807, 2.05) is 25.1 Å². The summed E-state index contributed by atoms with van der Waals surface area (Å²) in [6.07, 6.45) is 0.608. The normalized spacial score (nSPS) is 12.2. The van der Waals surface area contributed by atoms with Crippen molar-refractivity contribution in [2.75, 3.05) is 6.61 Å². The molecule has 0 spiro atoms. The number of nitrogens with two attached hydrogens (primary N) is 1. The topological polar surface area (TPSA) is 72.5 Å². The first-order chi connectivity index (χ1) is 8.62. The van der Waals surface area contributed by atoms with Crippen LogP contribution in [0.1, 0.15) is 30.5 Å². The SMILES string of the molecule is CCOC(=O)C(C)Cc1ccc(CN)c(CO)c1. The van der Waals surface area contributed by atoms with Crippen LogP contribution in [0.4, 0.5) is 0 Å². The number of esters is 1. The fourth-order valence-electron chi connectivity index (χ4n) is 1.87. The lowest BCUT2D eigenvalue weighted by molar-refractivity contribution is -0.147. The minimum Gasteiger partial charge on any atom is -0.466 e. The molecule has 0 heterocycles. The van der Waals surface area contributed by atoms with E-state index < -0.39 is 0 Å². The minimum absolute atomic E-state index is 0.0336. The van der Waals surface area contributed by atoms with Crippen LogP contribution in [0.25, 0.3) is 0 Å². The molecule has 1 aromatic carbocycles. The van der Waals surface area contributed by atoms with E-state index in [1.165, 1.54) is 0 Å². The average molecular weight is 251 g/mol. The summed E-state index contributed by atoms with van der Waals surface area (Å²) in [5.41, 5.74) is 8.35. The van der Waals surface area contributed by atoms with Crippen LogP contribution in [0.15, 0.2) is 18.2 Å². The van der Waals surface area contributed by atoms with Gasteiger partial charge in [0.05, 0.1) is 19.1 Å². The fourth-order valence-corrected chi connectivity index (χ4v) is 1.87.